The summed E-state index contributed by atoms with van der Waals surface area (Å²) < 4.78 is 10.1. The van der Waals surface area contributed by atoms with E-state index >= 15 is 0 Å². The van der Waals surface area contributed by atoms with Crippen LogP contribution in [0.2, 0.25) is 0 Å². The van der Waals surface area contributed by atoms with E-state index in [0.29, 0.717) is 35.7 Å². The largest absolute Gasteiger partial charge is 0.460 e. The van der Waals surface area contributed by atoms with Crippen molar-refractivity contribution in [1.29, 1.82) is 0 Å². The molecule has 0 atom stereocenters. The molecule has 9 heteroatoms. The Morgan fingerprint density at radius 3 is 2.55 bits per heavy atom. The van der Waals surface area contributed by atoms with Crippen molar-refractivity contribution in [2.24, 2.45) is 0 Å². The summed E-state index contributed by atoms with van der Waals surface area (Å²) >= 11 is 0. The summed E-state index contributed by atoms with van der Waals surface area (Å²) in [7, 11) is 3.66. The molecule has 2 N–H and O–H groups in total. The van der Waals surface area contributed by atoms with Crippen molar-refractivity contribution >= 4 is 17.7 Å². The number of ether oxygens (including phenoxy) is 2. The molecular weight excluding hydrogens is 398 g/mol. The molecular formula is C22H31N5O4. The number of hydrogen-bond donors (Lipinski definition) is 2. The van der Waals surface area contributed by atoms with Gasteiger partial charge in [0.05, 0.1) is 12.2 Å². The lowest BCUT2D eigenvalue weighted by molar-refractivity contribution is 0.0387. The fourth-order valence-corrected chi connectivity index (χ4v) is 3.59. The molecule has 3 rings (SSSR count). The maximum absolute atomic E-state index is 12.7. The number of likely N-dealkylation sites (N-methyl/N-ethyl adjacent to an activating group) is 1. The molecule has 1 aliphatic heterocycles. The van der Waals surface area contributed by atoms with Crippen LogP contribution in [0.4, 0.5) is 5.82 Å². The van der Waals surface area contributed by atoms with Crippen LogP contribution in [0.1, 0.15) is 37.7 Å². The Kier molecular flexibility index (Phi) is 7.64. The Morgan fingerprint density at radius 1 is 1.16 bits per heavy atom. The van der Waals surface area contributed by atoms with E-state index in [1.165, 1.54) is 0 Å². The standard InChI is InChI=1S/C22H31N5O4/c1-15-19(22(29)31-12-11-30-4)16(2)25-20(15)21(28)24-14-17-5-6-18(23-13-17)27-9-7-26(3)8-10-27/h5-6,13,25H,7-12,14H2,1-4H3,(H,24,28). The second kappa shape index (κ2) is 10.4. The van der Waals surface area contributed by atoms with Crippen LogP contribution in [-0.2, 0) is 16.0 Å². The number of aromatic nitrogens is 2. The molecule has 0 aromatic carbocycles. The number of amides is 1. The Labute approximate surface area is 182 Å². The Bertz CT molecular complexity index is 901. The molecule has 2 aromatic heterocycles. The molecule has 9 nitrogen and oxygen atoms in total. The number of piperazine rings is 1. The van der Waals surface area contributed by atoms with Gasteiger partial charge in [0.2, 0.25) is 0 Å². The molecule has 31 heavy (non-hydrogen) atoms. The predicted octanol–water partition coefficient (Wildman–Crippen LogP) is 1.51. The molecule has 3 heterocycles. The monoisotopic (exact) mass is 429 g/mol. The van der Waals surface area contributed by atoms with Crippen LogP contribution < -0.4 is 10.2 Å². The zero-order chi connectivity index (χ0) is 22.4. The van der Waals surface area contributed by atoms with E-state index < -0.39 is 5.97 Å². The Hall–Kier alpha value is -2.91. The number of aromatic amines is 1. The number of rotatable bonds is 8. The van der Waals surface area contributed by atoms with Crippen LogP contribution in [0, 0.1) is 13.8 Å². The average molecular weight is 430 g/mol. The van der Waals surface area contributed by atoms with Crippen LogP contribution in [0.25, 0.3) is 0 Å². The number of esters is 1. The summed E-state index contributed by atoms with van der Waals surface area (Å²) in [5.41, 5.74) is 2.83. The normalized spacial score (nSPS) is 14.5. The van der Waals surface area contributed by atoms with Gasteiger partial charge in [-0.3, -0.25) is 4.79 Å². The number of pyridine rings is 1. The van der Waals surface area contributed by atoms with Gasteiger partial charge in [0.1, 0.15) is 18.1 Å². The number of hydrogen-bond acceptors (Lipinski definition) is 7. The second-order valence-corrected chi connectivity index (χ2v) is 7.75. The van der Waals surface area contributed by atoms with Gasteiger partial charge in [-0.15, -0.1) is 0 Å². The first-order valence-corrected chi connectivity index (χ1v) is 10.4. The molecule has 2 aromatic rings. The highest BCUT2D eigenvalue weighted by molar-refractivity contribution is 6.00. The number of anilines is 1. The van der Waals surface area contributed by atoms with Gasteiger partial charge in [0.25, 0.3) is 5.91 Å². The summed E-state index contributed by atoms with van der Waals surface area (Å²) in [5, 5.41) is 2.89. The highest BCUT2D eigenvalue weighted by Gasteiger charge is 2.23. The Morgan fingerprint density at radius 2 is 1.90 bits per heavy atom. The summed E-state index contributed by atoms with van der Waals surface area (Å²) in [5.74, 6) is 0.210. The van der Waals surface area contributed by atoms with Crippen molar-refractivity contribution in [2.45, 2.75) is 20.4 Å². The van der Waals surface area contributed by atoms with Gasteiger partial charge in [-0.05, 0) is 38.1 Å². The van der Waals surface area contributed by atoms with Crippen LogP contribution in [0.15, 0.2) is 18.3 Å². The zero-order valence-electron chi connectivity index (χ0n) is 18.7. The summed E-state index contributed by atoms with van der Waals surface area (Å²) in [6.45, 7) is 8.28. The van der Waals surface area contributed by atoms with Crippen LogP contribution in [-0.4, -0.2) is 80.3 Å². The molecule has 0 aliphatic carbocycles. The third kappa shape index (κ3) is 5.62. The minimum atomic E-state index is -0.467. The van der Waals surface area contributed by atoms with Crippen molar-refractivity contribution in [3.05, 3.63) is 46.4 Å². The molecule has 0 spiro atoms. The lowest BCUT2D eigenvalue weighted by Crippen LogP contribution is -2.44. The van der Waals surface area contributed by atoms with E-state index in [9.17, 15) is 9.59 Å². The molecule has 1 fully saturated rings. The van der Waals surface area contributed by atoms with Gasteiger partial charge in [-0.2, -0.15) is 0 Å². The maximum Gasteiger partial charge on any atom is 0.340 e. The molecule has 0 unspecified atom stereocenters. The number of carbonyl (C=O) groups excluding carboxylic acids is 2. The molecule has 0 saturated carbocycles. The van der Waals surface area contributed by atoms with Gasteiger partial charge in [-0.1, -0.05) is 6.07 Å². The lowest BCUT2D eigenvalue weighted by atomic mass is 10.1. The quantitative estimate of drug-likeness (QED) is 0.485. The van der Waals surface area contributed by atoms with Crippen molar-refractivity contribution in [3.8, 4) is 0 Å². The smallest absolute Gasteiger partial charge is 0.340 e. The van der Waals surface area contributed by atoms with E-state index in [4.69, 9.17) is 9.47 Å². The van der Waals surface area contributed by atoms with E-state index in [1.54, 1.807) is 27.2 Å². The number of nitrogens with one attached hydrogen (secondary N) is 2. The first kappa shape index (κ1) is 22.8. The third-order valence-corrected chi connectivity index (χ3v) is 5.48. The highest BCUT2D eigenvalue weighted by atomic mass is 16.6. The highest BCUT2D eigenvalue weighted by Crippen LogP contribution is 2.19. The van der Waals surface area contributed by atoms with Crippen LogP contribution >= 0.6 is 0 Å². The molecule has 0 radical (unpaired) electrons. The fraction of sp³-hybridized carbons (Fsp3) is 0.500. The summed E-state index contributed by atoms with van der Waals surface area (Å²) in [6.07, 6.45) is 1.79. The van der Waals surface area contributed by atoms with Crippen LogP contribution in [0.3, 0.4) is 0 Å². The summed E-state index contributed by atoms with van der Waals surface area (Å²) in [4.78, 5) is 37.1. The van der Waals surface area contributed by atoms with Crippen molar-refractivity contribution in [1.82, 2.24) is 20.2 Å². The molecule has 168 valence electrons. The first-order valence-electron chi connectivity index (χ1n) is 10.4. The van der Waals surface area contributed by atoms with Gasteiger partial charge in [-0.25, -0.2) is 9.78 Å². The molecule has 0 bridgehead atoms. The maximum atomic E-state index is 12.7. The van der Waals surface area contributed by atoms with Gasteiger partial charge in [0.15, 0.2) is 0 Å². The fourth-order valence-electron chi connectivity index (χ4n) is 3.59. The third-order valence-electron chi connectivity index (χ3n) is 5.48. The minimum Gasteiger partial charge on any atom is -0.460 e. The number of H-pyrrole nitrogens is 1. The van der Waals surface area contributed by atoms with E-state index in [-0.39, 0.29) is 12.5 Å². The van der Waals surface area contributed by atoms with Crippen molar-refractivity contribution in [3.63, 3.8) is 0 Å². The number of methoxy groups -OCH3 is 1. The van der Waals surface area contributed by atoms with E-state index in [2.05, 4.69) is 32.1 Å². The number of aryl methyl sites for hydroxylation is 1. The average Bonchev–Trinajstić information content (AvgIpc) is 3.07. The molecule has 1 amide bonds. The second-order valence-electron chi connectivity index (χ2n) is 7.75. The van der Waals surface area contributed by atoms with E-state index in [0.717, 1.165) is 37.6 Å². The topological polar surface area (TPSA) is 99.8 Å². The Balaban J connectivity index is 1.58. The zero-order valence-corrected chi connectivity index (χ0v) is 18.7. The SMILES string of the molecule is COCCOC(=O)c1c(C)[nH]c(C(=O)NCc2ccc(N3CCN(C)CC3)nc2)c1C. The summed E-state index contributed by atoms with van der Waals surface area (Å²) in [6, 6.07) is 3.97. The minimum absolute atomic E-state index is 0.165. The first-order chi connectivity index (χ1) is 14.9. The number of nitrogens with zero attached hydrogens (tertiary/aromatic N) is 3. The predicted molar refractivity (Wildman–Crippen MR) is 118 cm³/mol. The number of carbonyl (C=O) groups is 2. The van der Waals surface area contributed by atoms with E-state index in [1.807, 2.05) is 12.1 Å². The van der Waals surface area contributed by atoms with Gasteiger partial charge < -0.3 is 29.6 Å². The molecule has 1 aliphatic rings. The van der Waals surface area contributed by atoms with Crippen molar-refractivity contribution < 1.29 is 19.1 Å². The van der Waals surface area contributed by atoms with Crippen molar-refractivity contribution in [2.75, 3.05) is 58.5 Å². The molecule has 1 saturated heterocycles. The van der Waals surface area contributed by atoms with Gasteiger partial charge in [0, 0.05) is 51.7 Å². The van der Waals surface area contributed by atoms with Gasteiger partial charge >= 0.3 is 5.97 Å². The lowest BCUT2D eigenvalue weighted by Gasteiger charge is -2.33. The van der Waals surface area contributed by atoms with Crippen LogP contribution in [0.5, 0.6) is 0 Å².